The van der Waals surface area contributed by atoms with Crippen LogP contribution in [0.15, 0.2) is 29.4 Å². The third kappa shape index (κ3) is 3.50. The number of thiophene rings is 1. The number of aromatic nitrogens is 2. The lowest BCUT2D eigenvalue weighted by molar-refractivity contribution is 0.378. The van der Waals surface area contributed by atoms with Gasteiger partial charge in [0, 0.05) is 31.1 Å². The number of nitrogens with zero attached hydrogens (tertiary/aromatic N) is 4. The summed E-state index contributed by atoms with van der Waals surface area (Å²) in [6, 6.07) is 3.08. The number of aryl methyl sites for hydroxylation is 1. The number of fused-ring (bicyclic) bond motifs is 3. The van der Waals surface area contributed by atoms with E-state index in [-0.39, 0.29) is 13.1 Å². The minimum Gasteiger partial charge on any atom is -0.353 e. The van der Waals surface area contributed by atoms with Gasteiger partial charge >= 0.3 is 0 Å². The molecule has 31 heavy (non-hydrogen) atoms. The standard InChI is InChI=1S/C21H22F2N4O2S2/c1-13-5-6-14-17(11-13)30-21-18(14)20(24-12-25-21)26-7-9-27(10-8-26)31(28,29)19-15(22)3-2-4-16(19)23/h2-4,12-13H,5-11H2,1H3. The molecule has 0 radical (unpaired) electrons. The molecule has 1 aromatic carbocycles. The molecule has 1 atom stereocenters. The van der Waals surface area contributed by atoms with Crippen LogP contribution in [-0.2, 0) is 22.9 Å². The Morgan fingerprint density at radius 3 is 2.52 bits per heavy atom. The summed E-state index contributed by atoms with van der Waals surface area (Å²) in [6.45, 7) is 3.30. The second kappa shape index (κ2) is 7.75. The van der Waals surface area contributed by atoms with Crippen molar-refractivity contribution in [1.82, 2.24) is 14.3 Å². The summed E-state index contributed by atoms with van der Waals surface area (Å²) in [7, 11) is -4.26. The molecule has 2 aromatic heterocycles. The molecule has 1 aliphatic heterocycles. The van der Waals surface area contributed by atoms with E-state index >= 15 is 0 Å². The van der Waals surface area contributed by atoms with Crippen LogP contribution in [0.4, 0.5) is 14.6 Å². The minimum atomic E-state index is -4.26. The van der Waals surface area contributed by atoms with Crippen LogP contribution < -0.4 is 4.90 Å². The van der Waals surface area contributed by atoms with Crippen molar-refractivity contribution >= 4 is 37.4 Å². The molecular formula is C21H22F2N4O2S2. The highest BCUT2D eigenvalue weighted by Gasteiger charge is 2.34. The van der Waals surface area contributed by atoms with Crippen molar-refractivity contribution in [3.05, 3.63) is 46.6 Å². The molecule has 1 unspecified atom stereocenters. The fourth-order valence-electron chi connectivity index (χ4n) is 4.50. The second-order valence-electron chi connectivity index (χ2n) is 8.17. The monoisotopic (exact) mass is 464 g/mol. The number of benzene rings is 1. The summed E-state index contributed by atoms with van der Waals surface area (Å²) in [5.41, 5.74) is 1.32. The van der Waals surface area contributed by atoms with E-state index in [9.17, 15) is 17.2 Å². The molecule has 3 heterocycles. The van der Waals surface area contributed by atoms with Gasteiger partial charge in [0.1, 0.15) is 28.6 Å². The summed E-state index contributed by atoms with van der Waals surface area (Å²) < 4.78 is 55.1. The van der Waals surface area contributed by atoms with Crippen molar-refractivity contribution in [3.63, 3.8) is 0 Å². The van der Waals surface area contributed by atoms with Gasteiger partial charge in [0.25, 0.3) is 0 Å². The Hall–Kier alpha value is -2.17. The summed E-state index contributed by atoms with van der Waals surface area (Å²) in [4.78, 5) is 12.5. The van der Waals surface area contributed by atoms with Crippen LogP contribution in [0.2, 0.25) is 0 Å². The van der Waals surface area contributed by atoms with Crippen molar-refractivity contribution in [2.24, 2.45) is 5.92 Å². The molecule has 0 N–H and O–H groups in total. The molecule has 0 saturated carbocycles. The smallest absolute Gasteiger partial charge is 0.249 e. The minimum absolute atomic E-state index is 0.130. The Kier molecular flexibility index (Phi) is 5.18. The highest BCUT2D eigenvalue weighted by Crippen LogP contribution is 2.40. The summed E-state index contributed by atoms with van der Waals surface area (Å²) >= 11 is 1.72. The van der Waals surface area contributed by atoms with Crippen molar-refractivity contribution < 1.29 is 17.2 Å². The van der Waals surface area contributed by atoms with E-state index in [1.807, 2.05) is 0 Å². The van der Waals surface area contributed by atoms with Gasteiger partial charge in [0.15, 0.2) is 4.90 Å². The zero-order chi connectivity index (χ0) is 21.8. The number of anilines is 1. The zero-order valence-electron chi connectivity index (χ0n) is 17.0. The Labute approximate surface area is 183 Å². The van der Waals surface area contributed by atoms with Crippen LogP contribution in [0.25, 0.3) is 10.2 Å². The maximum atomic E-state index is 14.1. The number of piperazine rings is 1. The lowest BCUT2D eigenvalue weighted by Crippen LogP contribution is -2.49. The van der Waals surface area contributed by atoms with Gasteiger partial charge in [0.05, 0.1) is 5.39 Å². The summed E-state index contributed by atoms with van der Waals surface area (Å²) in [5, 5.41) is 1.07. The van der Waals surface area contributed by atoms with Crippen LogP contribution in [0, 0.1) is 17.6 Å². The Morgan fingerprint density at radius 2 is 1.81 bits per heavy atom. The van der Waals surface area contributed by atoms with E-state index < -0.39 is 26.6 Å². The van der Waals surface area contributed by atoms with Gasteiger partial charge in [-0.15, -0.1) is 11.3 Å². The molecule has 10 heteroatoms. The second-order valence-corrected chi connectivity index (χ2v) is 11.1. The van der Waals surface area contributed by atoms with E-state index in [4.69, 9.17) is 0 Å². The summed E-state index contributed by atoms with van der Waals surface area (Å²) in [5.74, 6) is -0.659. The number of sulfonamides is 1. The maximum Gasteiger partial charge on any atom is 0.249 e. The third-order valence-corrected chi connectivity index (χ3v) is 9.24. The van der Waals surface area contributed by atoms with E-state index in [1.54, 1.807) is 17.7 Å². The predicted octanol–water partition coefficient (Wildman–Crippen LogP) is 3.61. The van der Waals surface area contributed by atoms with Crippen LogP contribution in [0.5, 0.6) is 0 Å². The van der Waals surface area contributed by atoms with E-state index in [0.717, 1.165) is 57.8 Å². The topological polar surface area (TPSA) is 66.4 Å². The number of halogens is 2. The van der Waals surface area contributed by atoms with Crippen molar-refractivity contribution in [3.8, 4) is 0 Å². The van der Waals surface area contributed by atoms with Gasteiger partial charge in [-0.2, -0.15) is 4.31 Å². The van der Waals surface area contributed by atoms with Gasteiger partial charge in [-0.25, -0.2) is 27.2 Å². The van der Waals surface area contributed by atoms with Crippen molar-refractivity contribution in [2.75, 3.05) is 31.1 Å². The average Bonchev–Trinajstić information content (AvgIpc) is 3.11. The Bertz CT molecular complexity index is 1230. The predicted molar refractivity (Wildman–Crippen MR) is 116 cm³/mol. The molecular weight excluding hydrogens is 442 g/mol. The van der Waals surface area contributed by atoms with Crippen LogP contribution in [-0.4, -0.2) is 48.9 Å². The van der Waals surface area contributed by atoms with Crippen molar-refractivity contribution in [1.29, 1.82) is 0 Å². The first-order valence-electron chi connectivity index (χ1n) is 10.3. The lowest BCUT2D eigenvalue weighted by Gasteiger charge is -2.35. The molecule has 2 aliphatic rings. The first kappa shape index (κ1) is 20.7. The Morgan fingerprint density at radius 1 is 1.10 bits per heavy atom. The number of hydrogen-bond acceptors (Lipinski definition) is 6. The molecule has 5 rings (SSSR count). The molecule has 6 nitrogen and oxygen atoms in total. The lowest BCUT2D eigenvalue weighted by atomic mass is 9.89. The van der Waals surface area contributed by atoms with Crippen LogP contribution >= 0.6 is 11.3 Å². The number of rotatable bonds is 3. The fraction of sp³-hybridized carbons (Fsp3) is 0.429. The quantitative estimate of drug-likeness (QED) is 0.593. The van der Waals surface area contributed by atoms with Gasteiger partial charge in [-0.1, -0.05) is 13.0 Å². The normalized spacial score (nSPS) is 20.2. The summed E-state index contributed by atoms with van der Waals surface area (Å²) in [6.07, 6.45) is 4.74. The molecule has 0 spiro atoms. The zero-order valence-corrected chi connectivity index (χ0v) is 18.6. The van der Waals surface area contributed by atoms with Gasteiger partial charge in [0.2, 0.25) is 10.0 Å². The Balaban J connectivity index is 1.42. The molecule has 164 valence electrons. The SMILES string of the molecule is CC1CCc2c(sc3ncnc(N4CCN(S(=O)(=O)c5c(F)cccc5F)CC4)c23)C1. The van der Waals surface area contributed by atoms with E-state index in [1.165, 1.54) is 10.4 Å². The van der Waals surface area contributed by atoms with Crippen LogP contribution in [0.1, 0.15) is 23.8 Å². The largest absolute Gasteiger partial charge is 0.353 e. The molecule has 1 fully saturated rings. The van der Waals surface area contributed by atoms with E-state index in [2.05, 4.69) is 21.8 Å². The average molecular weight is 465 g/mol. The first-order valence-corrected chi connectivity index (χ1v) is 12.6. The fourth-order valence-corrected chi connectivity index (χ4v) is 7.37. The van der Waals surface area contributed by atoms with Crippen LogP contribution in [0.3, 0.4) is 0 Å². The molecule has 0 bridgehead atoms. The van der Waals surface area contributed by atoms with E-state index in [0.29, 0.717) is 19.0 Å². The highest BCUT2D eigenvalue weighted by molar-refractivity contribution is 7.89. The number of hydrogen-bond donors (Lipinski definition) is 0. The highest BCUT2D eigenvalue weighted by atomic mass is 32.2. The molecule has 3 aromatic rings. The molecule has 1 saturated heterocycles. The van der Waals surface area contributed by atoms with Gasteiger partial charge in [-0.05, 0) is 42.9 Å². The van der Waals surface area contributed by atoms with Gasteiger partial charge < -0.3 is 4.90 Å². The van der Waals surface area contributed by atoms with Gasteiger partial charge in [-0.3, -0.25) is 0 Å². The first-order chi connectivity index (χ1) is 14.9. The molecule has 1 aliphatic carbocycles. The maximum absolute atomic E-state index is 14.1. The third-order valence-electron chi connectivity index (χ3n) is 6.13. The molecule has 0 amide bonds. The van der Waals surface area contributed by atoms with Crippen molar-refractivity contribution in [2.45, 2.75) is 31.1 Å².